The summed E-state index contributed by atoms with van der Waals surface area (Å²) >= 11 is 25.0. The maximum Gasteiger partial charge on any atom is 0.191 e. The highest BCUT2D eigenvalue weighted by molar-refractivity contribution is 9.09. The highest BCUT2D eigenvalue weighted by Gasteiger charge is 2.23. The first-order valence-electron chi connectivity index (χ1n) is 2.22. The van der Waals surface area contributed by atoms with Crippen molar-refractivity contribution in [1.29, 1.82) is 0 Å². The molecule has 0 fully saturated rings. The molecule has 0 rings (SSSR count). The number of halogens is 5. The summed E-state index contributed by atoms with van der Waals surface area (Å²) in [6, 6.07) is 0. The molecule has 0 radical (unpaired) electrons. The van der Waals surface area contributed by atoms with E-state index in [1.165, 1.54) is 0 Å². The highest BCUT2D eigenvalue weighted by Crippen LogP contribution is 2.33. The first-order chi connectivity index (χ1) is 3.95. The van der Waals surface area contributed by atoms with Crippen molar-refractivity contribution in [3.8, 4) is 0 Å². The molecular formula is C4H5BrCl4. The molecule has 0 amide bonds. The summed E-state index contributed by atoms with van der Waals surface area (Å²) in [6.45, 7) is 0. The average Bonchev–Trinajstić information content (AvgIpc) is 1.62. The number of alkyl halides is 5. The third-order valence-corrected chi connectivity index (χ3v) is 2.48. The van der Waals surface area contributed by atoms with Crippen LogP contribution in [0, 0.1) is 0 Å². The Labute approximate surface area is 82.9 Å². The Kier molecular flexibility index (Phi) is 5.32. The zero-order chi connectivity index (χ0) is 7.49. The lowest BCUT2D eigenvalue weighted by molar-refractivity contribution is 0.858. The summed E-state index contributed by atoms with van der Waals surface area (Å²) in [4.78, 5) is 0.0756. The van der Waals surface area contributed by atoms with Gasteiger partial charge in [-0.25, -0.2) is 0 Å². The van der Waals surface area contributed by atoms with Gasteiger partial charge >= 0.3 is 0 Å². The van der Waals surface area contributed by atoms with Gasteiger partial charge < -0.3 is 0 Å². The lowest BCUT2D eigenvalue weighted by Gasteiger charge is -2.12. The Balaban J connectivity index is 3.47. The molecule has 0 saturated carbocycles. The van der Waals surface area contributed by atoms with E-state index in [4.69, 9.17) is 46.4 Å². The molecule has 5 heteroatoms. The fourth-order valence-electron chi connectivity index (χ4n) is 0.306. The van der Waals surface area contributed by atoms with Crippen molar-refractivity contribution in [3.05, 3.63) is 0 Å². The van der Waals surface area contributed by atoms with Gasteiger partial charge in [-0.2, -0.15) is 0 Å². The van der Waals surface area contributed by atoms with Crippen LogP contribution in [0.4, 0.5) is 0 Å². The normalized spacial score (nSPS) is 15.7. The fourth-order valence-corrected chi connectivity index (χ4v) is 2.02. The number of hydrogen-bond acceptors (Lipinski definition) is 0. The van der Waals surface area contributed by atoms with Crippen LogP contribution < -0.4 is 0 Å². The van der Waals surface area contributed by atoms with E-state index in [1.807, 2.05) is 0 Å². The minimum absolute atomic E-state index is 0.0756. The van der Waals surface area contributed by atoms with Crippen LogP contribution in [0.3, 0.4) is 0 Å². The molecular weight excluding hydrogens is 270 g/mol. The van der Waals surface area contributed by atoms with E-state index in [1.54, 1.807) is 0 Å². The maximum absolute atomic E-state index is 5.45. The van der Waals surface area contributed by atoms with Crippen LogP contribution in [-0.4, -0.2) is 14.5 Å². The van der Waals surface area contributed by atoms with Crippen molar-refractivity contribution < 1.29 is 0 Å². The second kappa shape index (κ2) is 4.50. The van der Waals surface area contributed by atoms with Crippen molar-refractivity contribution in [1.82, 2.24) is 0 Å². The van der Waals surface area contributed by atoms with Crippen molar-refractivity contribution in [3.63, 3.8) is 0 Å². The van der Waals surface area contributed by atoms with E-state index < -0.39 is 3.79 Å². The highest BCUT2D eigenvalue weighted by atomic mass is 79.9. The zero-order valence-electron chi connectivity index (χ0n) is 4.38. The summed E-state index contributed by atoms with van der Waals surface area (Å²) < 4.78 is -1.19. The van der Waals surface area contributed by atoms with Gasteiger partial charge in [0.05, 0.1) is 0 Å². The van der Waals surface area contributed by atoms with Crippen LogP contribution in [-0.2, 0) is 0 Å². The summed E-state index contributed by atoms with van der Waals surface area (Å²) in [5, 5.41) is 0. The van der Waals surface area contributed by atoms with Crippen LogP contribution in [0.15, 0.2) is 0 Å². The van der Waals surface area contributed by atoms with E-state index in [0.717, 1.165) is 0 Å². The van der Waals surface area contributed by atoms with Gasteiger partial charge in [-0.15, -0.1) is 11.6 Å². The Bertz CT molecular complexity index is 79.1. The molecule has 0 aromatic rings. The van der Waals surface area contributed by atoms with Gasteiger partial charge in [0.15, 0.2) is 3.79 Å². The molecule has 0 nitrogen and oxygen atoms in total. The van der Waals surface area contributed by atoms with Gasteiger partial charge in [-0.3, -0.25) is 0 Å². The third kappa shape index (κ3) is 7.54. The SMILES string of the molecule is ClCC(Br)CC(Cl)(Cl)Cl. The first kappa shape index (κ1) is 10.6. The van der Waals surface area contributed by atoms with Gasteiger partial charge in [0.25, 0.3) is 0 Å². The Morgan fingerprint density at radius 3 is 1.89 bits per heavy atom. The molecule has 0 spiro atoms. The van der Waals surface area contributed by atoms with Crippen molar-refractivity contribution >= 4 is 62.3 Å². The first-order valence-corrected chi connectivity index (χ1v) is 4.81. The van der Waals surface area contributed by atoms with Crippen molar-refractivity contribution in [2.45, 2.75) is 15.0 Å². The predicted octanol–water partition coefficient (Wildman–Crippen LogP) is 3.75. The minimum atomic E-state index is -1.19. The molecule has 1 unspecified atom stereocenters. The van der Waals surface area contributed by atoms with Crippen LogP contribution in [0.1, 0.15) is 6.42 Å². The van der Waals surface area contributed by atoms with Crippen molar-refractivity contribution in [2.75, 3.05) is 5.88 Å². The second-order valence-electron chi connectivity index (χ2n) is 1.57. The summed E-state index contributed by atoms with van der Waals surface area (Å²) in [6.07, 6.45) is 0.432. The second-order valence-corrected chi connectivity index (χ2v) is 5.69. The lowest BCUT2D eigenvalue weighted by atomic mass is 10.4. The van der Waals surface area contributed by atoms with E-state index >= 15 is 0 Å². The molecule has 0 N–H and O–H groups in total. The molecule has 0 bridgehead atoms. The average molecular weight is 275 g/mol. The maximum atomic E-state index is 5.45. The lowest BCUT2D eigenvalue weighted by Crippen LogP contribution is -2.12. The molecule has 0 aliphatic heterocycles. The van der Waals surface area contributed by atoms with Gasteiger partial charge in [-0.05, 0) is 0 Å². The molecule has 0 aliphatic carbocycles. The Morgan fingerprint density at radius 2 is 1.78 bits per heavy atom. The molecule has 0 aromatic heterocycles. The number of rotatable bonds is 2. The van der Waals surface area contributed by atoms with E-state index in [2.05, 4.69) is 15.9 Å². The smallest absolute Gasteiger partial charge is 0.126 e. The van der Waals surface area contributed by atoms with Crippen LogP contribution >= 0.6 is 62.3 Å². The predicted molar refractivity (Wildman–Crippen MR) is 48.3 cm³/mol. The zero-order valence-corrected chi connectivity index (χ0v) is 8.99. The quantitative estimate of drug-likeness (QED) is 0.673. The molecule has 9 heavy (non-hydrogen) atoms. The summed E-state index contributed by atoms with van der Waals surface area (Å²) in [5.41, 5.74) is 0. The number of hydrogen-bond donors (Lipinski definition) is 0. The molecule has 56 valence electrons. The molecule has 1 atom stereocenters. The molecule has 0 aliphatic rings. The van der Waals surface area contributed by atoms with Gasteiger partial charge in [0.1, 0.15) is 0 Å². The van der Waals surface area contributed by atoms with Crippen molar-refractivity contribution in [2.24, 2.45) is 0 Å². The minimum Gasteiger partial charge on any atom is -0.126 e. The van der Waals surface area contributed by atoms with Crippen LogP contribution in [0.5, 0.6) is 0 Å². The van der Waals surface area contributed by atoms with Gasteiger partial charge in [0.2, 0.25) is 0 Å². The third-order valence-electron chi connectivity index (χ3n) is 0.620. The standard InChI is InChI=1S/C4H5BrCl4/c5-3(2-6)1-4(7,8)9/h3H,1-2H2. The summed E-state index contributed by atoms with van der Waals surface area (Å²) in [5.74, 6) is 0.452. The van der Waals surface area contributed by atoms with E-state index in [-0.39, 0.29) is 4.83 Å². The topological polar surface area (TPSA) is 0 Å². The van der Waals surface area contributed by atoms with Gasteiger partial charge in [-0.1, -0.05) is 50.7 Å². The van der Waals surface area contributed by atoms with Crippen LogP contribution in [0.2, 0.25) is 0 Å². The fraction of sp³-hybridized carbons (Fsp3) is 1.00. The van der Waals surface area contributed by atoms with E-state index in [9.17, 15) is 0 Å². The largest absolute Gasteiger partial charge is 0.191 e. The Hall–Kier alpha value is 1.64. The molecule has 0 saturated heterocycles. The van der Waals surface area contributed by atoms with Gasteiger partial charge in [0, 0.05) is 17.1 Å². The van der Waals surface area contributed by atoms with E-state index in [0.29, 0.717) is 12.3 Å². The molecule has 0 aromatic carbocycles. The Morgan fingerprint density at radius 1 is 1.33 bits per heavy atom. The molecule has 0 heterocycles. The van der Waals surface area contributed by atoms with Crippen LogP contribution in [0.25, 0.3) is 0 Å². The monoisotopic (exact) mass is 272 g/mol. The summed E-state index contributed by atoms with van der Waals surface area (Å²) in [7, 11) is 0.